The minimum absolute atomic E-state index is 0.364. The van der Waals surface area contributed by atoms with E-state index in [2.05, 4.69) is 22.4 Å². The van der Waals surface area contributed by atoms with E-state index in [1.54, 1.807) is 11.3 Å². The Morgan fingerprint density at radius 1 is 1.24 bits per heavy atom. The molecule has 2 heterocycles. The molecule has 1 amide bonds. The van der Waals surface area contributed by atoms with Crippen LogP contribution in [0.25, 0.3) is 0 Å². The lowest BCUT2D eigenvalue weighted by Gasteiger charge is -2.20. The molecule has 1 aliphatic heterocycles. The van der Waals surface area contributed by atoms with Crippen LogP contribution >= 0.6 is 11.3 Å². The smallest absolute Gasteiger partial charge is 0.222 e. The lowest BCUT2D eigenvalue weighted by molar-refractivity contribution is -0.131. The summed E-state index contributed by atoms with van der Waals surface area (Å²) in [6.07, 6.45) is 7.73. The van der Waals surface area contributed by atoms with E-state index in [9.17, 15) is 4.79 Å². The quantitative estimate of drug-likeness (QED) is 0.802. The molecule has 1 aromatic rings. The molecule has 0 N–H and O–H groups in total. The van der Waals surface area contributed by atoms with Crippen molar-refractivity contribution in [3.05, 3.63) is 22.4 Å². The van der Waals surface area contributed by atoms with Crippen LogP contribution in [0.15, 0.2) is 17.5 Å². The van der Waals surface area contributed by atoms with Crippen molar-refractivity contribution in [3.63, 3.8) is 0 Å². The number of thiophene rings is 1. The van der Waals surface area contributed by atoms with E-state index >= 15 is 0 Å². The second-order valence-corrected chi connectivity index (χ2v) is 5.76. The molecule has 0 unspecified atom stereocenters. The zero-order valence-corrected chi connectivity index (χ0v) is 11.2. The molecule has 0 saturated carbocycles. The van der Waals surface area contributed by atoms with Crippen LogP contribution in [-0.4, -0.2) is 23.9 Å². The summed E-state index contributed by atoms with van der Waals surface area (Å²) in [6.45, 7) is 1.97. The first-order valence-electron chi connectivity index (χ1n) is 6.66. The first-order chi connectivity index (χ1) is 8.36. The maximum absolute atomic E-state index is 12.0. The fourth-order valence-electron chi connectivity index (χ4n) is 2.35. The maximum atomic E-state index is 12.0. The van der Waals surface area contributed by atoms with Gasteiger partial charge in [-0.15, -0.1) is 11.3 Å². The molecule has 0 bridgehead atoms. The van der Waals surface area contributed by atoms with Crippen LogP contribution in [0.3, 0.4) is 0 Å². The van der Waals surface area contributed by atoms with Gasteiger partial charge in [0.05, 0.1) is 0 Å². The monoisotopic (exact) mass is 251 g/mol. The summed E-state index contributed by atoms with van der Waals surface area (Å²) >= 11 is 1.79. The van der Waals surface area contributed by atoms with Crippen molar-refractivity contribution in [1.82, 2.24) is 4.90 Å². The van der Waals surface area contributed by atoms with Crippen molar-refractivity contribution >= 4 is 17.2 Å². The number of rotatable bonds is 4. The highest BCUT2D eigenvalue weighted by molar-refractivity contribution is 7.09. The highest BCUT2D eigenvalue weighted by Crippen LogP contribution is 2.14. The third kappa shape index (κ3) is 4.15. The molecule has 2 rings (SSSR count). The summed E-state index contributed by atoms with van der Waals surface area (Å²) in [5.74, 6) is 0.364. The number of carbonyl (C=O) groups is 1. The van der Waals surface area contributed by atoms with E-state index in [1.165, 1.54) is 30.6 Å². The van der Waals surface area contributed by atoms with Gasteiger partial charge in [0.25, 0.3) is 0 Å². The lowest BCUT2D eigenvalue weighted by atomic mass is 10.2. The molecule has 0 aliphatic carbocycles. The van der Waals surface area contributed by atoms with Gasteiger partial charge in [0, 0.05) is 24.4 Å². The Labute approximate surface area is 108 Å². The van der Waals surface area contributed by atoms with Crippen LogP contribution in [0.1, 0.15) is 43.4 Å². The summed E-state index contributed by atoms with van der Waals surface area (Å²) < 4.78 is 0. The van der Waals surface area contributed by atoms with Crippen LogP contribution in [-0.2, 0) is 11.2 Å². The average Bonchev–Trinajstić information content (AvgIpc) is 2.69. The van der Waals surface area contributed by atoms with Gasteiger partial charge >= 0.3 is 0 Å². The SMILES string of the molecule is O=C(CCCc1cccs1)N1CCCCCC1. The van der Waals surface area contributed by atoms with E-state index < -0.39 is 0 Å². The van der Waals surface area contributed by atoms with Gasteiger partial charge in [-0.05, 0) is 37.1 Å². The average molecular weight is 251 g/mol. The number of likely N-dealkylation sites (tertiary alicyclic amines) is 1. The van der Waals surface area contributed by atoms with Crippen LogP contribution in [0.5, 0.6) is 0 Å². The summed E-state index contributed by atoms with van der Waals surface area (Å²) in [6, 6.07) is 4.23. The Morgan fingerprint density at radius 3 is 2.65 bits per heavy atom. The van der Waals surface area contributed by atoms with Crippen molar-refractivity contribution in [2.45, 2.75) is 44.9 Å². The van der Waals surface area contributed by atoms with E-state index in [-0.39, 0.29) is 0 Å². The Kier molecular flexibility index (Phi) is 5.05. The molecule has 17 heavy (non-hydrogen) atoms. The van der Waals surface area contributed by atoms with Crippen LogP contribution in [0.2, 0.25) is 0 Å². The molecule has 1 saturated heterocycles. The van der Waals surface area contributed by atoms with Crippen molar-refractivity contribution in [2.24, 2.45) is 0 Å². The van der Waals surface area contributed by atoms with Gasteiger partial charge in [-0.25, -0.2) is 0 Å². The Balaban J connectivity index is 1.69. The van der Waals surface area contributed by atoms with Gasteiger partial charge < -0.3 is 4.90 Å². The molecule has 0 radical (unpaired) electrons. The van der Waals surface area contributed by atoms with Gasteiger partial charge in [0.2, 0.25) is 5.91 Å². The van der Waals surface area contributed by atoms with E-state index in [0.717, 1.165) is 32.4 Å². The maximum Gasteiger partial charge on any atom is 0.222 e. The van der Waals surface area contributed by atoms with Gasteiger partial charge in [-0.2, -0.15) is 0 Å². The second kappa shape index (κ2) is 6.80. The van der Waals surface area contributed by atoms with Gasteiger partial charge in [0.1, 0.15) is 0 Å². The van der Waals surface area contributed by atoms with Crippen molar-refractivity contribution in [1.29, 1.82) is 0 Å². The largest absolute Gasteiger partial charge is 0.343 e. The summed E-state index contributed by atoms with van der Waals surface area (Å²) in [4.78, 5) is 15.5. The van der Waals surface area contributed by atoms with E-state index in [0.29, 0.717) is 5.91 Å². The van der Waals surface area contributed by atoms with Crippen molar-refractivity contribution in [3.8, 4) is 0 Å². The van der Waals surface area contributed by atoms with Gasteiger partial charge in [-0.3, -0.25) is 4.79 Å². The summed E-state index contributed by atoms with van der Waals surface area (Å²) in [5, 5.41) is 2.10. The topological polar surface area (TPSA) is 20.3 Å². The first kappa shape index (κ1) is 12.6. The number of hydrogen-bond acceptors (Lipinski definition) is 2. The molecule has 3 heteroatoms. The minimum atomic E-state index is 0.364. The molecule has 1 fully saturated rings. The molecule has 2 nitrogen and oxygen atoms in total. The number of aryl methyl sites for hydroxylation is 1. The molecular weight excluding hydrogens is 230 g/mol. The van der Waals surface area contributed by atoms with E-state index in [1.807, 2.05) is 0 Å². The highest BCUT2D eigenvalue weighted by atomic mass is 32.1. The molecule has 1 aliphatic rings. The molecule has 1 aromatic heterocycles. The molecule has 0 atom stereocenters. The fourth-order valence-corrected chi connectivity index (χ4v) is 3.10. The molecule has 0 spiro atoms. The zero-order valence-electron chi connectivity index (χ0n) is 10.4. The van der Waals surface area contributed by atoms with Crippen LogP contribution in [0.4, 0.5) is 0 Å². The fraction of sp³-hybridized carbons (Fsp3) is 0.643. The third-order valence-electron chi connectivity index (χ3n) is 3.35. The Bertz CT molecular complexity index is 326. The standard InChI is InChI=1S/C14H21NOS/c16-14(15-10-3-1-2-4-11-15)9-5-7-13-8-6-12-17-13/h6,8,12H,1-5,7,9-11H2. The molecule has 0 aromatic carbocycles. The third-order valence-corrected chi connectivity index (χ3v) is 4.29. The number of hydrogen-bond donors (Lipinski definition) is 0. The summed E-state index contributed by atoms with van der Waals surface area (Å²) in [7, 11) is 0. The second-order valence-electron chi connectivity index (χ2n) is 4.73. The molecule has 94 valence electrons. The van der Waals surface area contributed by atoms with Gasteiger partial charge in [0.15, 0.2) is 0 Å². The normalized spacial score (nSPS) is 16.8. The Morgan fingerprint density at radius 2 is 2.00 bits per heavy atom. The van der Waals surface area contributed by atoms with Crippen molar-refractivity contribution < 1.29 is 4.79 Å². The van der Waals surface area contributed by atoms with Crippen molar-refractivity contribution in [2.75, 3.05) is 13.1 Å². The first-order valence-corrected chi connectivity index (χ1v) is 7.54. The summed E-state index contributed by atoms with van der Waals surface area (Å²) in [5.41, 5.74) is 0. The predicted molar refractivity (Wildman–Crippen MR) is 72.3 cm³/mol. The van der Waals surface area contributed by atoms with Crippen LogP contribution < -0.4 is 0 Å². The number of amides is 1. The van der Waals surface area contributed by atoms with Gasteiger partial charge in [-0.1, -0.05) is 18.9 Å². The number of carbonyl (C=O) groups excluding carboxylic acids is 1. The number of nitrogens with zero attached hydrogens (tertiary/aromatic N) is 1. The molecular formula is C14H21NOS. The highest BCUT2D eigenvalue weighted by Gasteiger charge is 2.14. The minimum Gasteiger partial charge on any atom is -0.343 e. The predicted octanol–water partition coefficient (Wildman–Crippen LogP) is 3.47. The zero-order chi connectivity index (χ0) is 11.9. The lowest BCUT2D eigenvalue weighted by Crippen LogP contribution is -2.31. The van der Waals surface area contributed by atoms with Crippen LogP contribution in [0, 0.1) is 0 Å². The van der Waals surface area contributed by atoms with E-state index in [4.69, 9.17) is 0 Å². The Hall–Kier alpha value is -0.830.